The highest BCUT2D eigenvalue weighted by Crippen LogP contribution is 2.25. The Morgan fingerprint density at radius 2 is 1.48 bits per heavy atom. The molecule has 0 unspecified atom stereocenters. The number of amides is 1. The summed E-state index contributed by atoms with van der Waals surface area (Å²) in [5.74, 6) is -0.693. The normalized spacial score (nSPS) is 17.1. The molecule has 0 saturated heterocycles. The van der Waals surface area contributed by atoms with Crippen molar-refractivity contribution in [3.05, 3.63) is 23.8 Å². The van der Waals surface area contributed by atoms with Crippen molar-refractivity contribution in [2.24, 2.45) is 22.7 Å². The van der Waals surface area contributed by atoms with Crippen LogP contribution in [0.5, 0.6) is 0 Å². The second-order valence-corrected chi connectivity index (χ2v) is 9.80. The molecule has 0 aromatic rings. The fourth-order valence-electron chi connectivity index (χ4n) is 2.82. The molecule has 0 aliphatic rings. The minimum Gasteiger partial charge on any atom is -0.478 e. The maximum absolute atomic E-state index is 12.8. The van der Waals surface area contributed by atoms with E-state index in [4.69, 9.17) is 5.11 Å². The van der Waals surface area contributed by atoms with Gasteiger partial charge in [0.2, 0.25) is 5.91 Å². The van der Waals surface area contributed by atoms with Crippen molar-refractivity contribution in [3.63, 3.8) is 0 Å². The van der Waals surface area contributed by atoms with Crippen molar-refractivity contribution >= 4 is 11.9 Å². The molecular formula is C22H40N2O3. The Kier molecular flexibility index (Phi) is 9.47. The van der Waals surface area contributed by atoms with Crippen LogP contribution in [-0.4, -0.2) is 36.1 Å². The van der Waals surface area contributed by atoms with Crippen molar-refractivity contribution in [1.82, 2.24) is 10.6 Å². The van der Waals surface area contributed by atoms with Crippen LogP contribution in [0.3, 0.4) is 0 Å². The Morgan fingerprint density at radius 3 is 1.81 bits per heavy atom. The van der Waals surface area contributed by atoms with E-state index in [2.05, 4.69) is 45.3 Å². The van der Waals surface area contributed by atoms with E-state index in [1.54, 1.807) is 20.0 Å². The molecule has 0 aliphatic heterocycles. The Balaban J connectivity index is 5.60. The van der Waals surface area contributed by atoms with Crippen LogP contribution >= 0.6 is 0 Å². The minimum atomic E-state index is -0.906. The quantitative estimate of drug-likeness (QED) is 0.439. The minimum absolute atomic E-state index is 0.00874. The lowest BCUT2D eigenvalue weighted by Gasteiger charge is -2.34. The molecule has 0 aromatic carbocycles. The van der Waals surface area contributed by atoms with Gasteiger partial charge in [-0.15, -0.1) is 0 Å². The lowest BCUT2D eigenvalue weighted by molar-refractivity contribution is -0.132. The van der Waals surface area contributed by atoms with Gasteiger partial charge < -0.3 is 15.7 Å². The van der Waals surface area contributed by atoms with E-state index < -0.39 is 5.97 Å². The van der Waals surface area contributed by atoms with Crippen LogP contribution in [0.15, 0.2) is 23.8 Å². The summed E-state index contributed by atoms with van der Waals surface area (Å²) in [7, 11) is 1.80. The third-order valence-corrected chi connectivity index (χ3v) is 4.72. The molecular weight excluding hydrogens is 340 g/mol. The summed E-state index contributed by atoms with van der Waals surface area (Å²) in [5, 5.41) is 15.4. The van der Waals surface area contributed by atoms with Crippen LogP contribution in [0.2, 0.25) is 0 Å². The number of likely N-dealkylation sites (N-methyl/N-ethyl adjacent to an activating group) is 1. The highest BCUT2D eigenvalue weighted by molar-refractivity contribution is 5.85. The van der Waals surface area contributed by atoms with Crippen LogP contribution < -0.4 is 10.6 Å². The van der Waals surface area contributed by atoms with Gasteiger partial charge in [0.1, 0.15) is 0 Å². The molecule has 1 amide bonds. The number of hydrogen-bond acceptors (Lipinski definition) is 3. The van der Waals surface area contributed by atoms with Crippen molar-refractivity contribution in [1.29, 1.82) is 0 Å². The fraction of sp³-hybridized carbons (Fsp3) is 0.727. The zero-order chi connectivity index (χ0) is 21.6. The van der Waals surface area contributed by atoms with Crippen molar-refractivity contribution in [2.45, 2.75) is 74.4 Å². The summed E-state index contributed by atoms with van der Waals surface area (Å²) in [5.41, 5.74) is -0.0416. The van der Waals surface area contributed by atoms with E-state index >= 15 is 0 Å². The zero-order valence-corrected chi connectivity index (χ0v) is 18.8. The van der Waals surface area contributed by atoms with Gasteiger partial charge in [-0.05, 0) is 36.6 Å². The molecule has 3 atom stereocenters. The van der Waals surface area contributed by atoms with Gasteiger partial charge in [0.05, 0.1) is 12.1 Å². The molecule has 0 radical (unpaired) electrons. The number of aliphatic carboxylic acids is 1. The Hall–Kier alpha value is -1.62. The van der Waals surface area contributed by atoms with Crippen LogP contribution in [0.1, 0.15) is 62.3 Å². The molecule has 5 heteroatoms. The molecule has 0 bridgehead atoms. The smallest absolute Gasteiger partial charge is 0.330 e. The average Bonchev–Trinajstić information content (AvgIpc) is 2.47. The number of carboxylic acid groups (broad SMARTS) is 1. The molecule has 156 valence electrons. The number of allylic oxidation sites excluding steroid dienone is 2. The first kappa shape index (κ1) is 25.4. The molecule has 0 saturated carbocycles. The van der Waals surface area contributed by atoms with E-state index in [0.29, 0.717) is 5.57 Å². The molecule has 0 spiro atoms. The first-order valence-corrected chi connectivity index (χ1v) is 9.69. The van der Waals surface area contributed by atoms with Crippen LogP contribution in [0, 0.1) is 22.7 Å². The Labute approximate surface area is 165 Å². The third-order valence-electron chi connectivity index (χ3n) is 4.72. The van der Waals surface area contributed by atoms with Gasteiger partial charge in [-0.3, -0.25) is 4.79 Å². The predicted octanol–water partition coefficient (Wildman–Crippen LogP) is 4.01. The van der Waals surface area contributed by atoms with E-state index in [-0.39, 0.29) is 40.7 Å². The van der Waals surface area contributed by atoms with Gasteiger partial charge in [0.15, 0.2) is 0 Å². The Bertz CT molecular complexity index is 563. The predicted molar refractivity (Wildman–Crippen MR) is 113 cm³/mol. The first-order valence-electron chi connectivity index (χ1n) is 9.69. The van der Waals surface area contributed by atoms with Crippen molar-refractivity contribution in [2.75, 3.05) is 7.05 Å². The Morgan fingerprint density at radius 1 is 0.963 bits per heavy atom. The largest absolute Gasteiger partial charge is 0.478 e. The van der Waals surface area contributed by atoms with Gasteiger partial charge >= 0.3 is 5.97 Å². The highest BCUT2D eigenvalue weighted by atomic mass is 16.4. The average molecular weight is 381 g/mol. The lowest BCUT2D eigenvalue weighted by atomic mass is 9.82. The molecule has 0 aliphatic carbocycles. The number of carboxylic acids is 1. The number of carbonyl (C=O) groups is 2. The molecule has 3 N–H and O–H groups in total. The van der Waals surface area contributed by atoms with Gasteiger partial charge in [0, 0.05) is 5.57 Å². The zero-order valence-electron chi connectivity index (χ0n) is 18.8. The molecule has 0 fully saturated rings. The second kappa shape index (κ2) is 10.1. The van der Waals surface area contributed by atoms with Gasteiger partial charge in [0.25, 0.3) is 0 Å². The number of rotatable bonds is 8. The molecule has 0 rings (SSSR count). The van der Waals surface area contributed by atoms with Crippen LogP contribution in [-0.2, 0) is 9.59 Å². The topological polar surface area (TPSA) is 78.4 Å². The molecule has 27 heavy (non-hydrogen) atoms. The highest BCUT2D eigenvalue weighted by Gasteiger charge is 2.33. The monoisotopic (exact) mass is 380 g/mol. The number of nitrogens with one attached hydrogen (secondary N) is 2. The van der Waals surface area contributed by atoms with E-state index in [9.17, 15) is 9.59 Å². The van der Waals surface area contributed by atoms with E-state index in [1.165, 1.54) is 0 Å². The van der Waals surface area contributed by atoms with Crippen molar-refractivity contribution < 1.29 is 14.7 Å². The van der Waals surface area contributed by atoms with Crippen LogP contribution in [0.4, 0.5) is 0 Å². The van der Waals surface area contributed by atoms with Gasteiger partial charge in [-0.2, -0.15) is 0 Å². The van der Waals surface area contributed by atoms with Crippen molar-refractivity contribution in [3.8, 4) is 0 Å². The molecule has 0 aromatic heterocycles. The van der Waals surface area contributed by atoms with Crippen LogP contribution in [0.25, 0.3) is 0 Å². The maximum Gasteiger partial charge on any atom is 0.330 e. The molecule has 0 heterocycles. The second-order valence-electron chi connectivity index (χ2n) is 9.80. The third kappa shape index (κ3) is 8.74. The molecule has 5 nitrogen and oxygen atoms in total. The van der Waals surface area contributed by atoms with E-state index in [1.807, 2.05) is 32.9 Å². The summed E-state index contributed by atoms with van der Waals surface area (Å²) in [6, 6.07) is -0.464. The summed E-state index contributed by atoms with van der Waals surface area (Å²) < 4.78 is 0. The first-order chi connectivity index (χ1) is 12.1. The summed E-state index contributed by atoms with van der Waals surface area (Å²) in [4.78, 5) is 24.0. The fourth-order valence-corrected chi connectivity index (χ4v) is 2.82. The number of hydrogen-bond donors (Lipinski definition) is 3. The maximum atomic E-state index is 12.8. The van der Waals surface area contributed by atoms with E-state index in [0.717, 1.165) is 0 Å². The standard InChI is InChI=1S/C22H40N2O3/c1-14(2)16(13-15(3)20(26)27)11-12-17(21(4,5)6)24-19(25)18(23-10)22(7,8)9/h11-14,16-18,23H,1-10H3,(H,24,25)(H,26,27)/t16-,17+,18+/m0/s1. The van der Waals surface area contributed by atoms with Gasteiger partial charge in [-0.1, -0.05) is 73.6 Å². The SMILES string of the molecule is CN[C@H](C(=O)N[C@H](C=C[C@@H](C=C(C)C(=O)O)C(C)C)C(C)(C)C)C(C)(C)C. The summed E-state index contributed by atoms with van der Waals surface area (Å²) in [6.45, 7) is 18.1. The summed E-state index contributed by atoms with van der Waals surface area (Å²) in [6.07, 6.45) is 5.79. The number of carbonyl (C=O) groups excluding carboxylic acids is 1. The lowest BCUT2D eigenvalue weighted by Crippen LogP contribution is -2.54. The summed E-state index contributed by atoms with van der Waals surface area (Å²) >= 11 is 0. The van der Waals surface area contributed by atoms with Gasteiger partial charge in [-0.25, -0.2) is 4.79 Å².